The number of aryl methyl sites for hydroxylation is 1. The molecule has 0 spiro atoms. The van der Waals surface area contributed by atoms with Crippen LogP contribution in [0, 0.1) is 5.41 Å². The predicted octanol–water partition coefficient (Wildman–Crippen LogP) is 3.24. The highest BCUT2D eigenvalue weighted by Gasteiger charge is 2.32. The van der Waals surface area contributed by atoms with Crippen molar-refractivity contribution in [2.24, 2.45) is 5.41 Å². The third kappa shape index (κ3) is 5.45. The van der Waals surface area contributed by atoms with Crippen LogP contribution in [0.15, 0.2) is 54.6 Å². The minimum atomic E-state index is -0.821. The number of carbonyl (C=O) groups is 2. The second kappa shape index (κ2) is 8.47. The average molecular weight is 339 g/mol. The van der Waals surface area contributed by atoms with E-state index in [1.165, 1.54) is 0 Å². The molecule has 0 aliphatic heterocycles. The maximum absolute atomic E-state index is 11.8. The number of hydrogen-bond donors (Lipinski definition) is 2. The number of hydrogen-bond acceptors (Lipinski definition) is 2. The Morgan fingerprint density at radius 1 is 0.960 bits per heavy atom. The Kier molecular flexibility index (Phi) is 6.34. The lowest BCUT2D eigenvalue weighted by Gasteiger charge is -2.25. The molecule has 1 unspecified atom stereocenters. The van der Waals surface area contributed by atoms with Gasteiger partial charge in [0, 0.05) is 7.05 Å². The van der Waals surface area contributed by atoms with Gasteiger partial charge in [-0.3, -0.25) is 9.59 Å². The SMILES string of the molecule is CNC(=O)Cc1ccc(CC(C)(CCc2ccccc2)C(=O)O)cc1. The molecule has 1 amide bonds. The molecule has 2 rings (SSSR count). The molecule has 2 aromatic carbocycles. The molecule has 0 aliphatic carbocycles. The third-order valence-corrected chi connectivity index (χ3v) is 4.59. The molecule has 0 radical (unpaired) electrons. The lowest BCUT2D eigenvalue weighted by Crippen LogP contribution is -2.30. The highest BCUT2D eigenvalue weighted by atomic mass is 16.4. The molecule has 2 aromatic rings. The fourth-order valence-electron chi connectivity index (χ4n) is 2.84. The zero-order chi connectivity index (χ0) is 18.3. The van der Waals surface area contributed by atoms with Crippen LogP contribution >= 0.6 is 0 Å². The molecule has 0 bridgehead atoms. The van der Waals surface area contributed by atoms with E-state index in [4.69, 9.17) is 0 Å². The monoisotopic (exact) mass is 339 g/mol. The van der Waals surface area contributed by atoms with Gasteiger partial charge in [0.15, 0.2) is 0 Å². The van der Waals surface area contributed by atoms with Gasteiger partial charge in [0.2, 0.25) is 5.91 Å². The highest BCUT2D eigenvalue weighted by Crippen LogP contribution is 2.29. The van der Waals surface area contributed by atoms with Gasteiger partial charge in [0.25, 0.3) is 0 Å². The molecule has 25 heavy (non-hydrogen) atoms. The van der Waals surface area contributed by atoms with Crippen LogP contribution in [-0.2, 0) is 28.9 Å². The van der Waals surface area contributed by atoms with Crippen LogP contribution in [0.3, 0.4) is 0 Å². The van der Waals surface area contributed by atoms with Crippen molar-refractivity contribution in [2.45, 2.75) is 32.6 Å². The lowest BCUT2D eigenvalue weighted by molar-refractivity contribution is -0.148. The van der Waals surface area contributed by atoms with Gasteiger partial charge in [-0.2, -0.15) is 0 Å². The minimum absolute atomic E-state index is 0.0361. The van der Waals surface area contributed by atoms with E-state index < -0.39 is 11.4 Å². The van der Waals surface area contributed by atoms with Gasteiger partial charge in [0.1, 0.15) is 0 Å². The molecule has 4 nitrogen and oxygen atoms in total. The maximum atomic E-state index is 11.8. The molecule has 132 valence electrons. The first-order valence-corrected chi connectivity index (χ1v) is 8.49. The molecular formula is C21H25NO3. The van der Waals surface area contributed by atoms with E-state index >= 15 is 0 Å². The Morgan fingerprint density at radius 2 is 1.56 bits per heavy atom. The summed E-state index contributed by atoms with van der Waals surface area (Å²) in [6.45, 7) is 1.80. The molecular weight excluding hydrogens is 314 g/mol. The van der Waals surface area contributed by atoms with E-state index in [1.54, 1.807) is 14.0 Å². The summed E-state index contributed by atoms with van der Waals surface area (Å²) in [4.78, 5) is 23.3. The van der Waals surface area contributed by atoms with Crippen molar-refractivity contribution in [3.63, 3.8) is 0 Å². The fraction of sp³-hybridized carbons (Fsp3) is 0.333. The second-order valence-corrected chi connectivity index (χ2v) is 6.69. The lowest BCUT2D eigenvalue weighted by atomic mass is 9.78. The van der Waals surface area contributed by atoms with E-state index in [0.29, 0.717) is 19.3 Å². The summed E-state index contributed by atoms with van der Waals surface area (Å²) >= 11 is 0. The minimum Gasteiger partial charge on any atom is -0.481 e. The Balaban J connectivity index is 2.04. The van der Waals surface area contributed by atoms with E-state index in [1.807, 2.05) is 54.6 Å². The Morgan fingerprint density at radius 3 is 2.12 bits per heavy atom. The molecule has 0 heterocycles. The third-order valence-electron chi connectivity index (χ3n) is 4.59. The first-order chi connectivity index (χ1) is 11.9. The largest absolute Gasteiger partial charge is 0.481 e. The average Bonchev–Trinajstić information content (AvgIpc) is 2.62. The quantitative estimate of drug-likeness (QED) is 0.776. The van der Waals surface area contributed by atoms with Gasteiger partial charge < -0.3 is 10.4 Å². The second-order valence-electron chi connectivity index (χ2n) is 6.69. The molecule has 2 N–H and O–H groups in total. The van der Waals surface area contributed by atoms with Crippen molar-refractivity contribution in [1.29, 1.82) is 0 Å². The summed E-state index contributed by atoms with van der Waals surface area (Å²) in [6.07, 6.45) is 2.11. The van der Waals surface area contributed by atoms with Gasteiger partial charge in [-0.1, -0.05) is 54.6 Å². The summed E-state index contributed by atoms with van der Waals surface area (Å²) in [5.74, 6) is -0.816. The van der Waals surface area contributed by atoms with Crippen molar-refractivity contribution < 1.29 is 14.7 Å². The van der Waals surface area contributed by atoms with Crippen molar-refractivity contribution in [3.8, 4) is 0 Å². The van der Waals surface area contributed by atoms with Crippen molar-refractivity contribution in [3.05, 3.63) is 71.3 Å². The van der Waals surface area contributed by atoms with Crippen LogP contribution in [0.2, 0.25) is 0 Å². The first kappa shape index (κ1) is 18.7. The Labute approximate surface area is 148 Å². The Bertz CT molecular complexity index is 710. The zero-order valence-electron chi connectivity index (χ0n) is 14.8. The highest BCUT2D eigenvalue weighted by molar-refractivity contribution is 5.78. The standard InChI is InChI=1S/C21H25NO3/c1-21(20(24)25,13-12-16-6-4-3-5-7-16)15-18-10-8-17(9-11-18)14-19(23)22-2/h3-11H,12-15H2,1-2H3,(H,22,23)(H,24,25). The normalized spacial score (nSPS) is 13.0. The molecule has 1 atom stereocenters. The van der Waals surface area contributed by atoms with Crippen LogP contribution < -0.4 is 5.32 Å². The zero-order valence-corrected chi connectivity index (χ0v) is 14.8. The molecule has 0 aliphatic rings. The van der Waals surface area contributed by atoms with Gasteiger partial charge >= 0.3 is 5.97 Å². The maximum Gasteiger partial charge on any atom is 0.309 e. The topological polar surface area (TPSA) is 66.4 Å². The number of amides is 1. The number of benzene rings is 2. The number of likely N-dealkylation sites (N-methyl/N-ethyl adjacent to an activating group) is 1. The molecule has 4 heteroatoms. The predicted molar refractivity (Wildman–Crippen MR) is 98.4 cm³/mol. The van der Waals surface area contributed by atoms with Crippen LogP contribution in [0.25, 0.3) is 0 Å². The number of carboxylic acid groups (broad SMARTS) is 1. The number of rotatable bonds is 8. The van der Waals surface area contributed by atoms with E-state index in [0.717, 1.165) is 23.1 Å². The first-order valence-electron chi connectivity index (χ1n) is 8.49. The van der Waals surface area contributed by atoms with E-state index in [2.05, 4.69) is 5.32 Å². The molecule has 0 saturated heterocycles. The van der Waals surface area contributed by atoms with E-state index in [9.17, 15) is 14.7 Å². The summed E-state index contributed by atoms with van der Waals surface area (Å²) in [5.41, 5.74) is 2.22. The van der Waals surface area contributed by atoms with Gasteiger partial charge in [-0.25, -0.2) is 0 Å². The van der Waals surface area contributed by atoms with Gasteiger partial charge in [-0.15, -0.1) is 0 Å². The van der Waals surface area contributed by atoms with Crippen molar-refractivity contribution in [2.75, 3.05) is 7.05 Å². The number of carbonyl (C=O) groups excluding carboxylic acids is 1. The van der Waals surface area contributed by atoms with Crippen molar-refractivity contribution >= 4 is 11.9 Å². The summed E-state index contributed by atoms with van der Waals surface area (Å²) in [7, 11) is 1.61. The molecule has 0 aromatic heterocycles. The number of nitrogens with one attached hydrogen (secondary N) is 1. The molecule has 0 fully saturated rings. The Hall–Kier alpha value is -2.62. The van der Waals surface area contributed by atoms with Gasteiger partial charge in [0.05, 0.1) is 11.8 Å². The summed E-state index contributed by atoms with van der Waals surface area (Å²) in [5, 5.41) is 12.3. The van der Waals surface area contributed by atoms with Crippen LogP contribution in [0.5, 0.6) is 0 Å². The smallest absolute Gasteiger partial charge is 0.309 e. The van der Waals surface area contributed by atoms with Crippen LogP contribution in [-0.4, -0.2) is 24.0 Å². The van der Waals surface area contributed by atoms with Crippen LogP contribution in [0.1, 0.15) is 30.0 Å². The van der Waals surface area contributed by atoms with E-state index in [-0.39, 0.29) is 5.91 Å². The molecule has 0 saturated carbocycles. The van der Waals surface area contributed by atoms with Crippen molar-refractivity contribution in [1.82, 2.24) is 5.32 Å². The number of aliphatic carboxylic acids is 1. The fourth-order valence-corrected chi connectivity index (χ4v) is 2.84. The van der Waals surface area contributed by atoms with Crippen LogP contribution in [0.4, 0.5) is 0 Å². The summed E-state index contributed by atoms with van der Waals surface area (Å²) < 4.78 is 0. The number of carboxylic acids is 1. The van der Waals surface area contributed by atoms with Gasteiger partial charge in [-0.05, 0) is 42.9 Å². The summed E-state index contributed by atoms with van der Waals surface area (Å²) in [6, 6.07) is 17.6.